The maximum Gasteiger partial charge on any atom is 0.122 e. The van der Waals surface area contributed by atoms with Crippen LogP contribution in [-0.2, 0) is 0 Å². The molecular formula is C21H25NO4. The van der Waals surface area contributed by atoms with Crippen LogP contribution in [0.5, 0.6) is 5.75 Å². The Morgan fingerprint density at radius 2 is 1.81 bits per heavy atom. The molecule has 0 saturated carbocycles. The van der Waals surface area contributed by atoms with E-state index in [9.17, 15) is 15.3 Å². The van der Waals surface area contributed by atoms with Crippen LogP contribution in [0.4, 0.5) is 0 Å². The highest BCUT2D eigenvalue weighted by atomic mass is 16.3. The van der Waals surface area contributed by atoms with Crippen LogP contribution < -0.4 is 0 Å². The van der Waals surface area contributed by atoms with Crippen molar-refractivity contribution in [2.75, 3.05) is 6.61 Å². The molecule has 5 heteroatoms. The predicted molar refractivity (Wildman–Crippen MR) is 102 cm³/mol. The second kappa shape index (κ2) is 9.87. The molecule has 0 fully saturated rings. The summed E-state index contributed by atoms with van der Waals surface area (Å²) in [5.74, 6) is -0.448. The summed E-state index contributed by atoms with van der Waals surface area (Å²) in [5.41, 5.74) is 2.27. The van der Waals surface area contributed by atoms with E-state index in [2.05, 4.69) is 11.6 Å². The summed E-state index contributed by atoms with van der Waals surface area (Å²) in [4.78, 5) is 4.36. The summed E-state index contributed by atoms with van der Waals surface area (Å²) in [5, 5.41) is 39.3. The number of benzene rings is 1. The van der Waals surface area contributed by atoms with E-state index in [-0.39, 0.29) is 5.75 Å². The molecule has 3 atom stereocenters. The van der Waals surface area contributed by atoms with Crippen molar-refractivity contribution in [1.29, 1.82) is 0 Å². The number of aromatic hydroxyl groups is 1. The Labute approximate surface area is 153 Å². The molecule has 0 aliphatic rings. The standard InChI is InChI=1S/C21H25NO4/c1-2-17(21(26)14-23)20(25)11-10-15(18-8-5-6-12-22-18)13-16-7-3-4-9-19(16)24/h2-9,12-13,17,20-21,23-26H,1,10-11,14H2/b15-13-/t17-,20-,21-/m1/s1. The monoisotopic (exact) mass is 355 g/mol. The number of phenolic OH excluding ortho intramolecular Hbond substituents is 1. The molecule has 0 unspecified atom stereocenters. The first-order valence-corrected chi connectivity index (χ1v) is 8.56. The molecule has 2 rings (SSSR count). The van der Waals surface area contributed by atoms with Gasteiger partial charge in [-0.05, 0) is 42.7 Å². The fourth-order valence-corrected chi connectivity index (χ4v) is 2.81. The lowest BCUT2D eigenvalue weighted by Gasteiger charge is -2.23. The van der Waals surface area contributed by atoms with Crippen LogP contribution in [0.3, 0.4) is 0 Å². The Morgan fingerprint density at radius 1 is 1.08 bits per heavy atom. The smallest absolute Gasteiger partial charge is 0.122 e. The number of hydrogen-bond donors (Lipinski definition) is 4. The zero-order valence-electron chi connectivity index (χ0n) is 14.6. The quantitative estimate of drug-likeness (QED) is 0.519. The van der Waals surface area contributed by atoms with Crippen LogP contribution in [0.25, 0.3) is 11.6 Å². The molecule has 5 nitrogen and oxygen atoms in total. The third-order valence-electron chi connectivity index (χ3n) is 4.32. The largest absolute Gasteiger partial charge is 0.507 e. The van der Waals surface area contributed by atoms with Crippen LogP contribution in [-0.4, -0.2) is 44.2 Å². The Morgan fingerprint density at radius 3 is 2.42 bits per heavy atom. The summed E-state index contributed by atoms with van der Waals surface area (Å²) in [7, 11) is 0. The van der Waals surface area contributed by atoms with Crippen molar-refractivity contribution in [3.8, 4) is 5.75 Å². The van der Waals surface area contributed by atoms with Gasteiger partial charge in [0.2, 0.25) is 0 Å². The number of pyridine rings is 1. The van der Waals surface area contributed by atoms with Gasteiger partial charge >= 0.3 is 0 Å². The van der Waals surface area contributed by atoms with Crippen LogP contribution in [0, 0.1) is 5.92 Å². The van der Waals surface area contributed by atoms with Crippen LogP contribution in [0.2, 0.25) is 0 Å². The van der Waals surface area contributed by atoms with E-state index >= 15 is 0 Å². The van der Waals surface area contributed by atoms with Crippen molar-refractivity contribution in [3.63, 3.8) is 0 Å². The molecule has 0 radical (unpaired) electrons. The van der Waals surface area contributed by atoms with Crippen molar-refractivity contribution in [1.82, 2.24) is 4.98 Å². The van der Waals surface area contributed by atoms with Gasteiger partial charge in [0.25, 0.3) is 0 Å². The molecule has 0 aliphatic carbocycles. The van der Waals surface area contributed by atoms with Crippen LogP contribution in [0.15, 0.2) is 61.3 Å². The van der Waals surface area contributed by atoms with Crippen LogP contribution >= 0.6 is 0 Å². The first kappa shape index (κ1) is 19.8. The van der Waals surface area contributed by atoms with E-state index in [1.807, 2.05) is 30.3 Å². The highest BCUT2D eigenvalue weighted by molar-refractivity contribution is 5.81. The third-order valence-corrected chi connectivity index (χ3v) is 4.32. The van der Waals surface area contributed by atoms with E-state index in [0.717, 1.165) is 11.3 Å². The summed E-state index contributed by atoms with van der Waals surface area (Å²) in [6, 6.07) is 12.6. The lowest BCUT2D eigenvalue weighted by Crippen LogP contribution is -2.32. The molecule has 0 spiro atoms. The maximum absolute atomic E-state index is 10.4. The van der Waals surface area contributed by atoms with E-state index < -0.39 is 24.7 Å². The predicted octanol–water partition coefficient (Wildman–Crippen LogP) is 2.62. The minimum atomic E-state index is -1.05. The SMILES string of the molecule is C=C[C@@H]([C@H](O)CO)[C@H](O)CC/C(=C/c1ccccc1O)c1ccccn1. The molecule has 0 amide bonds. The molecule has 4 N–H and O–H groups in total. The summed E-state index contributed by atoms with van der Waals surface area (Å²) < 4.78 is 0. The number of aromatic nitrogens is 1. The van der Waals surface area contributed by atoms with Crippen LogP contribution in [0.1, 0.15) is 24.1 Å². The van der Waals surface area contributed by atoms with Gasteiger partial charge in [-0.15, -0.1) is 6.58 Å². The molecule has 138 valence electrons. The maximum atomic E-state index is 10.4. The number of aliphatic hydroxyl groups excluding tert-OH is 3. The number of aliphatic hydroxyl groups is 3. The van der Waals surface area contributed by atoms with Gasteiger partial charge in [0.15, 0.2) is 0 Å². The zero-order valence-corrected chi connectivity index (χ0v) is 14.6. The Balaban J connectivity index is 2.23. The van der Waals surface area contributed by atoms with Gasteiger partial charge in [-0.1, -0.05) is 30.3 Å². The lowest BCUT2D eigenvalue weighted by molar-refractivity contribution is 0.00256. The number of nitrogens with zero attached hydrogens (tertiary/aromatic N) is 1. The van der Waals surface area contributed by atoms with E-state index in [4.69, 9.17) is 5.11 Å². The van der Waals surface area contributed by atoms with Crippen molar-refractivity contribution < 1.29 is 20.4 Å². The molecular weight excluding hydrogens is 330 g/mol. The van der Waals surface area contributed by atoms with Crippen molar-refractivity contribution in [3.05, 3.63) is 72.6 Å². The highest BCUT2D eigenvalue weighted by Gasteiger charge is 2.23. The summed E-state index contributed by atoms with van der Waals surface area (Å²) in [6.45, 7) is 3.19. The minimum Gasteiger partial charge on any atom is -0.507 e. The number of para-hydroxylation sites is 1. The number of phenols is 1. The van der Waals surface area contributed by atoms with Crippen molar-refractivity contribution >= 4 is 11.6 Å². The van der Waals surface area contributed by atoms with Gasteiger partial charge in [0, 0.05) is 17.7 Å². The second-order valence-corrected chi connectivity index (χ2v) is 6.11. The molecule has 1 aromatic heterocycles. The Kier molecular flexibility index (Phi) is 7.53. The molecule has 0 saturated heterocycles. The number of rotatable bonds is 9. The lowest BCUT2D eigenvalue weighted by atomic mass is 9.91. The average Bonchev–Trinajstić information content (AvgIpc) is 2.67. The van der Waals surface area contributed by atoms with E-state index in [1.165, 1.54) is 6.08 Å². The third kappa shape index (κ3) is 5.26. The first-order chi connectivity index (χ1) is 12.6. The fourth-order valence-electron chi connectivity index (χ4n) is 2.81. The average molecular weight is 355 g/mol. The minimum absolute atomic E-state index is 0.168. The first-order valence-electron chi connectivity index (χ1n) is 8.56. The summed E-state index contributed by atoms with van der Waals surface area (Å²) >= 11 is 0. The van der Waals surface area contributed by atoms with Gasteiger partial charge < -0.3 is 20.4 Å². The molecule has 26 heavy (non-hydrogen) atoms. The highest BCUT2D eigenvalue weighted by Crippen LogP contribution is 2.27. The van der Waals surface area contributed by atoms with Gasteiger partial charge in [-0.3, -0.25) is 4.98 Å². The normalized spacial score (nSPS) is 15.3. The van der Waals surface area contributed by atoms with Crippen molar-refractivity contribution in [2.45, 2.75) is 25.0 Å². The summed E-state index contributed by atoms with van der Waals surface area (Å²) in [6.07, 6.45) is 3.91. The number of hydrogen-bond acceptors (Lipinski definition) is 5. The molecule has 0 bridgehead atoms. The number of allylic oxidation sites excluding steroid dienone is 1. The van der Waals surface area contributed by atoms with E-state index in [0.29, 0.717) is 18.4 Å². The molecule has 2 aromatic rings. The second-order valence-electron chi connectivity index (χ2n) is 6.11. The van der Waals surface area contributed by atoms with E-state index in [1.54, 1.807) is 24.4 Å². The van der Waals surface area contributed by atoms with Gasteiger partial charge in [0.1, 0.15) is 5.75 Å². The van der Waals surface area contributed by atoms with Crippen molar-refractivity contribution in [2.24, 2.45) is 5.92 Å². The molecule has 0 aliphatic heterocycles. The van der Waals surface area contributed by atoms with Gasteiger partial charge in [-0.25, -0.2) is 0 Å². The van der Waals surface area contributed by atoms with Gasteiger partial charge in [0.05, 0.1) is 24.5 Å². The Bertz CT molecular complexity index is 730. The zero-order chi connectivity index (χ0) is 18.9. The van der Waals surface area contributed by atoms with Gasteiger partial charge in [-0.2, -0.15) is 0 Å². The fraction of sp³-hybridized carbons (Fsp3) is 0.286. The Hall–Kier alpha value is -2.47. The molecule has 1 heterocycles. The topological polar surface area (TPSA) is 93.8 Å². The molecule has 1 aromatic carbocycles.